The second-order valence-corrected chi connectivity index (χ2v) is 6.29. The normalized spacial score (nSPS) is 14.0. The number of hydrogen-bond acceptors (Lipinski definition) is 1. The third-order valence-corrected chi connectivity index (χ3v) is 4.56. The average Bonchev–Trinajstić information content (AvgIpc) is 3.02. The van der Waals surface area contributed by atoms with E-state index in [4.69, 9.17) is 16.5 Å². The van der Waals surface area contributed by atoms with Crippen LogP contribution in [0, 0.1) is 27.3 Å². The first-order valence-corrected chi connectivity index (χ1v) is 7.98. The summed E-state index contributed by atoms with van der Waals surface area (Å²) in [6, 6.07) is 10.7. The molecule has 0 atom stereocenters. The van der Waals surface area contributed by atoms with Crippen LogP contribution in [-0.2, 0) is 7.05 Å². The lowest BCUT2D eigenvalue weighted by atomic mass is 9.96. The van der Waals surface area contributed by atoms with Gasteiger partial charge < -0.3 is 4.42 Å². The van der Waals surface area contributed by atoms with Gasteiger partial charge in [-0.25, -0.2) is 9.41 Å². The van der Waals surface area contributed by atoms with Gasteiger partial charge in [0.25, 0.3) is 0 Å². The summed E-state index contributed by atoms with van der Waals surface area (Å²) in [6.07, 6.45) is -0.0537. The number of benzene rings is 2. The van der Waals surface area contributed by atoms with Gasteiger partial charge in [-0.2, -0.15) is 0 Å². The van der Waals surface area contributed by atoms with Gasteiger partial charge in [-0.1, -0.05) is 18.2 Å². The summed E-state index contributed by atoms with van der Waals surface area (Å²) in [7, 11) is 1.69. The quantitative estimate of drug-likeness (QED) is 0.331. The summed E-state index contributed by atoms with van der Waals surface area (Å²) in [5, 5.41) is 1.89. The number of nitrogens with zero attached hydrogens (tertiary/aromatic N) is 2. The molecular weight excluding hydrogens is 308 g/mol. The minimum absolute atomic E-state index is 0.0102. The number of aryl methyl sites for hydroxylation is 3. The van der Waals surface area contributed by atoms with E-state index < -0.39 is 6.85 Å². The molecule has 4 aromatic rings. The largest absolute Gasteiger partial charge is 0.456 e. The topological polar surface area (TPSA) is 21.4 Å². The molecule has 2 aromatic carbocycles. The van der Waals surface area contributed by atoms with Crippen molar-refractivity contribution in [3.63, 3.8) is 0 Å². The highest BCUT2D eigenvalue weighted by atomic mass is 16.3. The Labute approximate surface area is 152 Å². The fourth-order valence-corrected chi connectivity index (χ4v) is 3.49. The summed E-state index contributed by atoms with van der Waals surface area (Å²) in [5.41, 5.74) is 5.38. The molecule has 3 nitrogen and oxygen atoms in total. The molecule has 0 amide bonds. The van der Waals surface area contributed by atoms with E-state index in [2.05, 4.69) is 10.9 Å². The SMILES string of the molecule is [2H]c1c(C([2H])([2H])[2H])ccc(-c2c(C)cc(C)c3c2oc2cc([N+]#[C-])ccc23)[n+]1C. The van der Waals surface area contributed by atoms with E-state index in [1.165, 1.54) is 6.07 Å². The van der Waals surface area contributed by atoms with Crippen LogP contribution in [0.4, 0.5) is 5.69 Å². The maximum absolute atomic E-state index is 8.36. The predicted octanol–water partition coefficient (Wildman–Crippen LogP) is 5.55. The first-order chi connectivity index (χ1) is 13.6. The Bertz CT molecular complexity index is 1340. The van der Waals surface area contributed by atoms with Crippen molar-refractivity contribution in [2.45, 2.75) is 20.7 Å². The summed E-state index contributed by atoms with van der Waals surface area (Å²) < 4.78 is 39.1. The van der Waals surface area contributed by atoms with E-state index in [9.17, 15) is 0 Å². The van der Waals surface area contributed by atoms with Crippen molar-refractivity contribution in [1.29, 1.82) is 0 Å². The van der Waals surface area contributed by atoms with Crippen molar-refractivity contribution < 1.29 is 14.5 Å². The van der Waals surface area contributed by atoms with Crippen LogP contribution in [0.1, 0.15) is 22.2 Å². The molecule has 2 aromatic heterocycles. The van der Waals surface area contributed by atoms with Crippen molar-refractivity contribution in [2.75, 3.05) is 0 Å². The van der Waals surface area contributed by atoms with Crippen LogP contribution in [0.5, 0.6) is 0 Å². The molecule has 4 rings (SSSR count). The Morgan fingerprint density at radius 3 is 2.76 bits per heavy atom. The molecule has 0 unspecified atom stereocenters. The lowest BCUT2D eigenvalue weighted by Crippen LogP contribution is -2.31. The molecule has 0 fully saturated rings. The smallest absolute Gasteiger partial charge is 0.216 e. The molecule has 0 bridgehead atoms. The Balaban J connectivity index is 2.10. The van der Waals surface area contributed by atoms with Crippen molar-refractivity contribution >= 4 is 27.6 Å². The predicted molar refractivity (Wildman–Crippen MR) is 101 cm³/mol. The lowest BCUT2D eigenvalue weighted by molar-refractivity contribution is -0.660. The molecule has 2 heterocycles. The van der Waals surface area contributed by atoms with Crippen molar-refractivity contribution in [3.05, 3.63) is 70.7 Å². The molecule has 0 aliphatic heterocycles. The van der Waals surface area contributed by atoms with Gasteiger partial charge in [-0.05, 0) is 44.0 Å². The highest BCUT2D eigenvalue weighted by Gasteiger charge is 2.22. The molecule has 0 aliphatic rings. The molecule has 0 radical (unpaired) electrons. The van der Waals surface area contributed by atoms with Crippen LogP contribution in [0.25, 0.3) is 38.0 Å². The lowest BCUT2D eigenvalue weighted by Gasteiger charge is -2.08. The van der Waals surface area contributed by atoms with Gasteiger partial charge in [0.1, 0.15) is 19.6 Å². The molecule has 0 saturated heterocycles. The molecule has 3 heteroatoms. The van der Waals surface area contributed by atoms with Crippen LogP contribution >= 0.6 is 0 Å². The van der Waals surface area contributed by atoms with E-state index in [1.807, 2.05) is 19.9 Å². The van der Waals surface area contributed by atoms with Crippen LogP contribution < -0.4 is 4.57 Å². The Hall–Kier alpha value is -3.12. The first kappa shape index (κ1) is 11.4. The van der Waals surface area contributed by atoms with Crippen molar-refractivity contribution in [3.8, 4) is 11.3 Å². The first-order valence-electron chi connectivity index (χ1n) is 9.98. The third kappa shape index (κ3) is 2.30. The molecular formula is C22H19N2O+. The second-order valence-electron chi connectivity index (χ2n) is 6.29. The molecule has 25 heavy (non-hydrogen) atoms. The van der Waals surface area contributed by atoms with Crippen LogP contribution in [-0.4, -0.2) is 0 Å². The van der Waals surface area contributed by atoms with Gasteiger partial charge >= 0.3 is 0 Å². The Morgan fingerprint density at radius 1 is 1.16 bits per heavy atom. The monoisotopic (exact) mass is 331 g/mol. The zero-order valence-electron chi connectivity index (χ0n) is 18.3. The third-order valence-electron chi connectivity index (χ3n) is 4.56. The molecule has 0 saturated carbocycles. The number of hydrogen-bond donors (Lipinski definition) is 0. The van der Waals surface area contributed by atoms with E-state index in [-0.39, 0.29) is 11.7 Å². The highest BCUT2D eigenvalue weighted by Crippen LogP contribution is 2.39. The number of rotatable bonds is 1. The molecule has 122 valence electrons. The Kier molecular flexibility index (Phi) is 2.50. The summed E-state index contributed by atoms with van der Waals surface area (Å²) >= 11 is 0. The van der Waals surface area contributed by atoms with Gasteiger partial charge in [0.2, 0.25) is 5.69 Å². The summed E-state index contributed by atoms with van der Waals surface area (Å²) in [5.74, 6) is 0. The standard InChI is InChI=1S/C22H19N2O/c1-13-6-9-18(24(5)12-13)21-15(3)10-14(2)20-17-8-7-16(23-4)11-19(17)25-22(20)21/h6-12H,1-3,5H3/q+1/i1D3,12D. The minimum atomic E-state index is -2.35. The maximum Gasteiger partial charge on any atom is 0.216 e. The maximum atomic E-state index is 8.36. The number of fused-ring (bicyclic) bond motifs is 3. The van der Waals surface area contributed by atoms with Gasteiger partial charge in [-0.3, -0.25) is 0 Å². The van der Waals surface area contributed by atoms with Crippen LogP contribution in [0.3, 0.4) is 0 Å². The van der Waals surface area contributed by atoms with E-state index in [1.54, 1.807) is 29.8 Å². The minimum Gasteiger partial charge on any atom is -0.456 e. The van der Waals surface area contributed by atoms with E-state index in [0.29, 0.717) is 22.5 Å². The molecule has 0 N–H and O–H groups in total. The highest BCUT2D eigenvalue weighted by molar-refractivity contribution is 6.12. The van der Waals surface area contributed by atoms with Gasteiger partial charge in [0.15, 0.2) is 11.9 Å². The summed E-state index contributed by atoms with van der Waals surface area (Å²) in [6.45, 7) is 8.89. The Morgan fingerprint density at radius 2 is 2.00 bits per heavy atom. The van der Waals surface area contributed by atoms with E-state index >= 15 is 0 Å². The zero-order valence-corrected chi connectivity index (χ0v) is 14.3. The molecule has 0 spiro atoms. The number of aromatic nitrogens is 1. The zero-order chi connectivity index (χ0) is 21.1. The van der Waals surface area contributed by atoms with Gasteiger partial charge in [0, 0.05) is 26.5 Å². The van der Waals surface area contributed by atoms with Gasteiger partial charge in [0.05, 0.1) is 12.1 Å². The second kappa shape index (κ2) is 5.46. The van der Waals surface area contributed by atoms with Gasteiger partial charge in [-0.15, -0.1) is 0 Å². The van der Waals surface area contributed by atoms with Crippen LogP contribution in [0.2, 0.25) is 0 Å². The number of furan rings is 1. The van der Waals surface area contributed by atoms with E-state index in [0.717, 1.165) is 27.5 Å². The number of pyridine rings is 1. The average molecular weight is 331 g/mol. The fourth-order valence-electron chi connectivity index (χ4n) is 3.49. The fraction of sp³-hybridized carbons (Fsp3) is 0.182. The molecule has 0 aliphatic carbocycles. The van der Waals surface area contributed by atoms with Crippen molar-refractivity contribution in [1.82, 2.24) is 0 Å². The van der Waals surface area contributed by atoms with Crippen molar-refractivity contribution in [2.24, 2.45) is 7.05 Å². The summed E-state index contributed by atoms with van der Waals surface area (Å²) in [4.78, 5) is 3.48. The van der Waals surface area contributed by atoms with Crippen LogP contribution in [0.15, 0.2) is 47.0 Å².